The van der Waals surface area contributed by atoms with Crippen LogP contribution in [0.5, 0.6) is 0 Å². The first kappa shape index (κ1) is 13.5. The highest BCUT2D eigenvalue weighted by atomic mass is 16.3. The first-order chi connectivity index (χ1) is 7.60. The van der Waals surface area contributed by atoms with Crippen LogP contribution in [0.25, 0.3) is 0 Å². The molecule has 2 atom stereocenters. The fourth-order valence-corrected chi connectivity index (χ4v) is 2.48. The van der Waals surface area contributed by atoms with Gasteiger partial charge in [-0.05, 0) is 25.8 Å². The number of rotatable bonds is 4. The predicted octanol–water partition coefficient (Wildman–Crippen LogP) is 0.558. The smallest absolute Gasteiger partial charge is 0.240 e. The largest absolute Gasteiger partial charge is 0.396 e. The van der Waals surface area contributed by atoms with Crippen LogP contribution >= 0.6 is 0 Å². The van der Waals surface area contributed by atoms with Crippen molar-refractivity contribution in [3.05, 3.63) is 0 Å². The number of carbonyl (C=O) groups excluding carboxylic acids is 1. The van der Waals surface area contributed by atoms with E-state index in [9.17, 15) is 4.79 Å². The maximum Gasteiger partial charge on any atom is 0.240 e. The molecule has 0 saturated carbocycles. The van der Waals surface area contributed by atoms with Gasteiger partial charge in [0, 0.05) is 26.2 Å². The summed E-state index contributed by atoms with van der Waals surface area (Å²) in [5.74, 6) is 0.687. The van der Waals surface area contributed by atoms with Crippen molar-refractivity contribution in [1.29, 1.82) is 0 Å². The molecule has 0 aromatic heterocycles. The van der Waals surface area contributed by atoms with Gasteiger partial charge in [0.05, 0.1) is 6.04 Å². The second-order valence-electron chi connectivity index (χ2n) is 4.86. The third-order valence-corrected chi connectivity index (χ3v) is 3.16. The van der Waals surface area contributed by atoms with Crippen LogP contribution in [0, 0.1) is 5.92 Å². The van der Waals surface area contributed by atoms with Crippen LogP contribution in [0.2, 0.25) is 0 Å². The molecule has 1 fully saturated rings. The molecule has 1 amide bonds. The van der Waals surface area contributed by atoms with Gasteiger partial charge < -0.3 is 10.0 Å². The Morgan fingerprint density at radius 3 is 2.69 bits per heavy atom. The van der Waals surface area contributed by atoms with Crippen molar-refractivity contribution in [3.63, 3.8) is 0 Å². The van der Waals surface area contributed by atoms with Gasteiger partial charge in [-0.15, -0.1) is 0 Å². The number of aliphatic hydroxyl groups is 1. The fraction of sp³-hybridized carbons (Fsp3) is 0.917. The topological polar surface area (TPSA) is 43.8 Å². The van der Waals surface area contributed by atoms with Gasteiger partial charge in [-0.1, -0.05) is 13.8 Å². The number of hydrogen-bond acceptors (Lipinski definition) is 3. The van der Waals surface area contributed by atoms with Crippen LogP contribution in [0.15, 0.2) is 0 Å². The second-order valence-corrected chi connectivity index (χ2v) is 4.86. The van der Waals surface area contributed by atoms with Gasteiger partial charge in [0.25, 0.3) is 0 Å². The molecule has 0 aromatic rings. The zero-order chi connectivity index (χ0) is 12.1. The van der Waals surface area contributed by atoms with E-state index in [1.54, 1.807) is 0 Å². The summed E-state index contributed by atoms with van der Waals surface area (Å²) in [6, 6.07) is -0.138. The maximum absolute atomic E-state index is 12.3. The standard InChI is InChI=1S/C12H24N2O2/c1-4-6-14-9-10(2)8-13(3)11(5-7-15)12(14)16/h10-11,15H,4-9H2,1-3H3. The van der Waals surface area contributed by atoms with Crippen LogP contribution in [-0.4, -0.2) is 60.1 Å². The molecule has 0 spiro atoms. The minimum Gasteiger partial charge on any atom is -0.396 e. The highest BCUT2D eigenvalue weighted by Crippen LogP contribution is 2.16. The fourth-order valence-electron chi connectivity index (χ4n) is 2.48. The van der Waals surface area contributed by atoms with Gasteiger partial charge in [0.15, 0.2) is 0 Å². The molecule has 1 saturated heterocycles. The lowest BCUT2D eigenvalue weighted by Gasteiger charge is -2.27. The van der Waals surface area contributed by atoms with E-state index >= 15 is 0 Å². The van der Waals surface area contributed by atoms with Gasteiger partial charge in [-0.25, -0.2) is 0 Å². The van der Waals surface area contributed by atoms with E-state index in [1.165, 1.54) is 0 Å². The summed E-state index contributed by atoms with van der Waals surface area (Å²) in [6.45, 7) is 6.95. The monoisotopic (exact) mass is 228 g/mol. The second kappa shape index (κ2) is 6.21. The number of nitrogens with zero attached hydrogens (tertiary/aromatic N) is 2. The van der Waals surface area contributed by atoms with Crippen molar-refractivity contribution >= 4 is 5.91 Å². The molecule has 1 aliphatic rings. The van der Waals surface area contributed by atoms with Crippen molar-refractivity contribution in [3.8, 4) is 0 Å². The van der Waals surface area contributed by atoms with Crippen LogP contribution in [0.3, 0.4) is 0 Å². The first-order valence-corrected chi connectivity index (χ1v) is 6.20. The number of hydrogen-bond donors (Lipinski definition) is 1. The molecular weight excluding hydrogens is 204 g/mol. The van der Waals surface area contributed by atoms with Crippen LogP contribution < -0.4 is 0 Å². The molecule has 2 unspecified atom stereocenters. The Morgan fingerprint density at radius 1 is 1.44 bits per heavy atom. The molecular formula is C12H24N2O2. The molecule has 1 heterocycles. The Hall–Kier alpha value is -0.610. The van der Waals surface area contributed by atoms with Crippen LogP contribution in [0.4, 0.5) is 0 Å². The Balaban J connectivity index is 2.77. The maximum atomic E-state index is 12.3. The Kier molecular flexibility index (Phi) is 5.22. The highest BCUT2D eigenvalue weighted by Gasteiger charge is 2.31. The summed E-state index contributed by atoms with van der Waals surface area (Å²) < 4.78 is 0. The molecule has 1 rings (SSSR count). The molecule has 0 aliphatic carbocycles. The van der Waals surface area contributed by atoms with E-state index in [-0.39, 0.29) is 18.6 Å². The summed E-state index contributed by atoms with van der Waals surface area (Å²) in [5.41, 5.74) is 0. The molecule has 0 aromatic carbocycles. The number of aliphatic hydroxyl groups excluding tert-OH is 1. The molecule has 0 radical (unpaired) electrons. The average molecular weight is 228 g/mol. The normalized spacial score (nSPS) is 28.2. The van der Waals surface area contributed by atoms with Gasteiger partial charge >= 0.3 is 0 Å². The summed E-state index contributed by atoms with van der Waals surface area (Å²) in [5, 5.41) is 9.03. The van der Waals surface area contributed by atoms with Crippen molar-refractivity contribution in [2.75, 3.05) is 33.3 Å². The third kappa shape index (κ3) is 3.19. The minimum atomic E-state index is -0.138. The molecule has 94 valence electrons. The van der Waals surface area contributed by atoms with E-state index in [1.807, 2.05) is 11.9 Å². The SMILES string of the molecule is CCCN1CC(C)CN(C)C(CCO)C1=O. The van der Waals surface area contributed by atoms with Gasteiger partial charge in [0.2, 0.25) is 5.91 Å². The van der Waals surface area contributed by atoms with Crippen molar-refractivity contribution in [2.24, 2.45) is 5.92 Å². The lowest BCUT2D eigenvalue weighted by Crippen LogP contribution is -2.45. The summed E-state index contributed by atoms with van der Waals surface area (Å²) in [6.07, 6.45) is 1.54. The minimum absolute atomic E-state index is 0.0785. The molecule has 4 heteroatoms. The first-order valence-electron chi connectivity index (χ1n) is 6.20. The Labute approximate surface area is 98.2 Å². The molecule has 16 heavy (non-hydrogen) atoms. The van der Waals surface area contributed by atoms with Crippen molar-refractivity contribution in [1.82, 2.24) is 9.80 Å². The van der Waals surface area contributed by atoms with E-state index < -0.39 is 0 Å². The van der Waals surface area contributed by atoms with Crippen molar-refractivity contribution in [2.45, 2.75) is 32.7 Å². The number of carbonyl (C=O) groups is 1. The molecule has 1 aliphatic heterocycles. The summed E-state index contributed by atoms with van der Waals surface area (Å²) >= 11 is 0. The van der Waals surface area contributed by atoms with E-state index in [4.69, 9.17) is 5.11 Å². The molecule has 1 N–H and O–H groups in total. The zero-order valence-electron chi connectivity index (χ0n) is 10.6. The lowest BCUT2D eigenvalue weighted by atomic mass is 10.1. The van der Waals surface area contributed by atoms with Crippen LogP contribution in [-0.2, 0) is 4.79 Å². The zero-order valence-corrected chi connectivity index (χ0v) is 10.6. The predicted molar refractivity (Wildman–Crippen MR) is 64.2 cm³/mol. The molecule has 4 nitrogen and oxygen atoms in total. The summed E-state index contributed by atoms with van der Waals surface area (Å²) in [4.78, 5) is 16.3. The third-order valence-electron chi connectivity index (χ3n) is 3.16. The summed E-state index contributed by atoms with van der Waals surface area (Å²) in [7, 11) is 1.98. The number of likely N-dealkylation sites (N-methyl/N-ethyl adjacent to an activating group) is 1. The lowest BCUT2D eigenvalue weighted by molar-refractivity contribution is -0.135. The highest BCUT2D eigenvalue weighted by molar-refractivity contribution is 5.82. The number of amides is 1. The van der Waals surface area contributed by atoms with Gasteiger partial charge in [-0.3, -0.25) is 9.69 Å². The van der Waals surface area contributed by atoms with E-state index in [0.29, 0.717) is 12.3 Å². The average Bonchev–Trinajstić information content (AvgIpc) is 2.31. The van der Waals surface area contributed by atoms with Crippen molar-refractivity contribution < 1.29 is 9.90 Å². The quantitative estimate of drug-likeness (QED) is 0.764. The Morgan fingerprint density at radius 2 is 2.12 bits per heavy atom. The van der Waals surface area contributed by atoms with Crippen LogP contribution in [0.1, 0.15) is 26.7 Å². The molecule has 0 bridgehead atoms. The van der Waals surface area contributed by atoms with E-state index in [0.717, 1.165) is 26.1 Å². The Bertz CT molecular complexity index is 233. The van der Waals surface area contributed by atoms with Gasteiger partial charge in [-0.2, -0.15) is 0 Å². The van der Waals surface area contributed by atoms with Gasteiger partial charge in [0.1, 0.15) is 0 Å². The van der Waals surface area contributed by atoms with E-state index in [2.05, 4.69) is 18.7 Å².